The molecule has 0 radical (unpaired) electrons. The van der Waals surface area contributed by atoms with Gasteiger partial charge in [0.25, 0.3) is 5.91 Å². The second kappa shape index (κ2) is 8.54. The summed E-state index contributed by atoms with van der Waals surface area (Å²) in [5.74, 6) is 2.45. The number of carbonyl (C=O) groups excluding carboxylic acids is 1. The lowest BCUT2D eigenvalue weighted by molar-refractivity contribution is 0.0701. The van der Waals surface area contributed by atoms with Crippen LogP contribution in [0.25, 0.3) is 10.9 Å². The minimum atomic E-state index is 0.115. The summed E-state index contributed by atoms with van der Waals surface area (Å²) in [6, 6.07) is 18.3. The number of amides is 1. The molecular weight excluding hydrogens is 400 g/mol. The molecule has 0 spiro atoms. The largest absolute Gasteiger partial charge is 0.497 e. The van der Waals surface area contributed by atoms with E-state index in [9.17, 15) is 4.79 Å². The fourth-order valence-corrected chi connectivity index (χ4v) is 4.74. The van der Waals surface area contributed by atoms with Crippen molar-refractivity contribution in [3.05, 3.63) is 84.1 Å². The van der Waals surface area contributed by atoms with Crippen LogP contribution < -0.4 is 4.74 Å². The molecule has 2 aromatic heterocycles. The Morgan fingerprint density at radius 2 is 1.84 bits per heavy atom. The van der Waals surface area contributed by atoms with Gasteiger partial charge in [0.15, 0.2) is 0 Å². The zero-order valence-corrected chi connectivity index (χ0v) is 18.6. The second-order valence-electron chi connectivity index (χ2n) is 8.48. The van der Waals surface area contributed by atoms with Crippen molar-refractivity contribution in [3.8, 4) is 5.75 Å². The van der Waals surface area contributed by atoms with Gasteiger partial charge in [-0.1, -0.05) is 30.3 Å². The van der Waals surface area contributed by atoms with E-state index in [4.69, 9.17) is 4.74 Å². The Hall–Kier alpha value is -3.54. The molecule has 1 saturated heterocycles. The Morgan fingerprint density at radius 1 is 1.09 bits per heavy atom. The Morgan fingerprint density at radius 3 is 2.56 bits per heavy atom. The molecule has 0 atom stereocenters. The Labute approximate surface area is 188 Å². The second-order valence-corrected chi connectivity index (χ2v) is 8.48. The molecule has 0 unspecified atom stereocenters. The average Bonchev–Trinajstić information content (AvgIpc) is 3.44. The molecule has 1 fully saturated rings. The number of fused-ring (bicyclic) bond motifs is 1. The van der Waals surface area contributed by atoms with Crippen LogP contribution in [0.1, 0.15) is 40.6 Å². The van der Waals surface area contributed by atoms with Crippen LogP contribution in [-0.2, 0) is 13.6 Å². The van der Waals surface area contributed by atoms with Crippen molar-refractivity contribution >= 4 is 16.8 Å². The molecule has 0 aliphatic carbocycles. The lowest BCUT2D eigenvalue weighted by Crippen LogP contribution is -2.39. The third-order valence-electron chi connectivity index (χ3n) is 6.58. The van der Waals surface area contributed by atoms with Gasteiger partial charge in [0, 0.05) is 55.9 Å². The normalized spacial score (nSPS) is 14.8. The molecule has 3 heterocycles. The van der Waals surface area contributed by atoms with Crippen molar-refractivity contribution in [3.63, 3.8) is 0 Å². The number of nitrogens with zero attached hydrogens (tertiary/aromatic N) is 4. The molecule has 0 saturated carbocycles. The molecular formula is C26H28N4O2. The zero-order chi connectivity index (χ0) is 22.1. The minimum absolute atomic E-state index is 0.115. The number of carbonyl (C=O) groups is 1. The molecule has 164 valence electrons. The van der Waals surface area contributed by atoms with Crippen LogP contribution in [0, 0.1) is 0 Å². The van der Waals surface area contributed by atoms with Crippen molar-refractivity contribution in [2.45, 2.75) is 25.3 Å². The van der Waals surface area contributed by atoms with Crippen molar-refractivity contribution < 1.29 is 9.53 Å². The van der Waals surface area contributed by atoms with Crippen molar-refractivity contribution in [1.82, 2.24) is 19.0 Å². The number of hydrogen-bond donors (Lipinski definition) is 0. The van der Waals surface area contributed by atoms with Gasteiger partial charge in [0.2, 0.25) is 0 Å². The quantitative estimate of drug-likeness (QED) is 0.472. The standard InChI is InChI=1S/C26H28N4O2/c1-28-23-6-4-3-5-21(23)17-24(28)26(31)29-14-11-20(12-15-29)25-27-13-16-30(25)18-19-7-9-22(32-2)10-8-19/h3-10,13,16-17,20H,11-12,14-15,18H2,1-2H3. The molecule has 0 N–H and O–H groups in total. The van der Waals surface area contributed by atoms with Crippen LogP contribution in [0.15, 0.2) is 67.0 Å². The number of likely N-dealkylation sites (tertiary alicyclic amines) is 1. The first-order valence-electron chi connectivity index (χ1n) is 11.1. The molecule has 1 aliphatic heterocycles. The number of aromatic nitrogens is 3. The maximum absolute atomic E-state index is 13.2. The first-order chi connectivity index (χ1) is 15.6. The lowest BCUT2D eigenvalue weighted by atomic mass is 9.95. The molecule has 2 aromatic carbocycles. The summed E-state index contributed by atoms with van der Waals surface area (Å²) >= 11 is 0. The fourth-order valence-electron chi connectivity index (χ4n) is 4.74. The van der Waals surface area contributed by atoms with E-state index in [2.05, 4.69) is 33.8 Å². The van der Waals surface area contributed by atoms with Crippen LogP contribution >= 0.6 is 0 Å². The molecule has 1 amide bonds. The summed E-state index contributed by atoms with van der Waals surface area (Å²) in [6.07, 6.45) is 5.78. The summed E-state index contributed by atoms with van der Waals surface area (Å²) in [5.41, 5.74) is 3.06. The van der Waals surface area contributed by atoms with Gasteiger partial charge < -0.3 is 18.8 Å². The SMILES string of the molecule is COc1ccc(Cn2ccnc2C2CCN(C(=O)c3cc4ccccc4n3C)CC2)cc1. The number of aryl methyl sites for hydroxylation is 1. The van der Waals surface area contributed by atoms with Gasteiger partial charge >= 0.3 is 0 Å². The Kier molecular flexibility index (Phi) is 5.43. The molecule has 4 aromatic rings. The van der Waals surface area contributed by atoms with Gasteiger partial charge in [0.1, 0.15) is 17.3 Å². The smallest absolute Gasteiger partial charge is 0.270 e. The van der Waals surface area contributed by atoms with E-state index in [-0.39, 0.29) is 5.91 Å². The number of ether oxygens (including phenoxy) is 1. The number of benzene rings is 2. The van der Waals surface area contributed by atoms with Crippen molar-refractivity contribution in [2.75, 3.05) is 20.2 Å². The van der Waals surface area contributed by atoms with Gasteiger partial charge in [-0.2, -0.15) is 0 Å². The van der Waals surface area contributed by atoms with E-state index in [1.807, 2.05) is 59.2 Å². The molecule has 32 heavy (non-hydrogen) atoms. The van der Waals surface area contributed by atoms with E-state index in [1.54, 1.807) is 7.11 Å². The minimum Gasteiger partial charge on any atom is -0.497 e. The Balaban J connectivity index is 1.26. The van der Waals surface area contributed by atoms with Gasteiger partial charge in [-0.15, -0.1) is 0 Å². The van der Waals surface area contributed by atoms with Gasteiger partial charge in [-0.3, -0.25) is 4.79 Å². The highest BCUT2D eigenvalue weighted by molar-refractivity contribution is 5.98. The third-order valence-corrected chi connectivity index (χ3v) is 6.58. The fraction of sp³-hybridized carbons (Fsp3) is 0.308. The summed E-state index contributed by atoms with van der Waals surface area (Å²) < 4.78 is 9.49. The highest BCUT2D eigenvalue weighted by atomic mass is 16.5. The van der Waals surface area contributed by atoms with E-state index in [0.717, 1.165) is 60.6 Å². The summed E-state index contributed by atoms with van der Waals surface area (Å²) in [7, 11) is 3.65. The molecule has 6 heteroatoms. The highest BCUT2D eigenvalue weighted by Crippen LogP contribution is 2.29. The molecule has 0 bridgehead atoms. The Bertz CT molecular complexity index is 1230. The monoisotopic (exact) mass is 428 g/mol. The molecule has 5 rings (SSSR count). The predicted molar refractivity (Wildman–Crippen MR) is 125 cm³/mol. The number of piperidine rings is 1. The first-order valence-corrected chi connectivity index (χ1v) is 11.1. The van der Waals surface area contributed by atoms with E-state index in [0.29, 0.717) is 5.92 Å². The summed E-state index contributed by atoms with van der Waals surface area (Å²) in [4.78, 5) is 19.9. The molecule has 6 nitrogen and oxygen atoms in total. The number of methoxy groups -OCH3 is 1. The van der Waals surface area contributed by atoms with Crippen LogP contribution in [0.2, 0.25) is 0 Å². The van der Waals surface area contributed by atoms with E-state index < -0.39 is 0 Å². The van der Waals surface area contributed by atoms with Crippen molar-refractivity contribution in [2.24, 2.45) is 7.05 Å². The molecule has 1 aliphatic rings. The third kappa shape index (κ3) is 3.77. The number of para-hydroxylation sites is 1. The van der Waals surface area contributed by atoms with Gasteiger partial charge in [-0.25, -0.2) is 4.98 Å². The van der Waals surface area contributed by atoms with Gasteiger partial charge in [-0.05, 0) is 42.7 Å². The maximum atomic E-state index is 13.2. The lowest BCUT2D eigenvalue weighted by Gasteiger charge is -2.32. The maximum Gasteiger partial charge on any atom is 0.270 e. The van der Waals surface area contributed by atoms with Crippen LogP contribution in [0.3, 0.4) is 0 Å². The van der Waals surface area contributed by atoms with E-state index >= 15 is 0 Å². The summed E-state index contributed by atoms with van der Waals surface area (Å²) in [5, 5.41) is 1.11. The van der Waals surface area contributed by atoms with Crippen LogP contribution in [0.4, 0.5) is 0 Å². The summed E-state index contributed by atoms with van der Waals surface area (Å²) in [6.45, 7) is 2.29. The number of rotatable bonds is 5. The van der Waals surface area contributed by atoms with Crippen LogP contribution in [0.5, 0.6) is 5.75 Å². The number of imidazole rings is 1. The average molecular weight is 429 g/mol. The predicted octanol–water partition coefficient (Wildman–Crippen LogP) is 4.45. The van der Waals surface area contributed by atoms with E-state index in [1.165, 1.54) is 5.56 Å². The highest BCUT2D eigenvalue weighted by Gasteiger charge is 2.28. The first kappa shape index (κ1) is 20.4. The zero-order valence-electron chi connectivity index (χ0n) is 18.6. The number of hydrogen-bond acceptors (Lipinski definition) is 3. The van der Waals surface area contributed by atoms with Crippen molar-refractivity contribution in [1.29, 1.82) is 0 Å². The topological polar surface area (TPSA) is 52.3 Å². The van der Waals surface area contributed by atoms with Crippen LogP contribution in [-0.4, -0.2) is 45.1 Å². The van der Waals surface area contributed by atoms with Gasteiger partial charge in [0.05, 0.1) is 7.11 Å².